The molecule has 120 valence electrons. The third-order valence-corrected chi connectivity index (χ3v) is 4.04. The van der Waals surface area contributed by atoms with E-state index in [1.165, 1.54) is 6.26 Å². The number of nitrogens with zero attached hydrogens (tertiary/aromatic N) is 1. The molecule has 1 aliphatic heterocycles. The zero-order chi connectivity index (χ0) is 16.2. The average molecular weight is 378 g/mol. The Kier molecular flexibility index (Phi) is 4.66. The molecule has 0 radical (unpaired) electrons. The Balaban J connectivity index is 1.57. The van der Waals surface area contributed by atoms with Crippen LogP contribution in [0.3, 0.4) is 0 Å². The van der Waals surface area contributed by atoms with Gasteiger partial charge >= 0.3 is 0 Å². The van der Waals surface area contributed by atoms with Crippen molar-refractivity contribution >= 4 is 33.4 Å². The fraction of sp³-hybridized carbons (Fsp3) is 0.250. The number of halogens is 1. The van der Waals surface area contributed by atoms with Gasteiger partial charge in [-0.15, -0.1) is 0 Å². The maximum atomic E-state index is 11.9. The molecule has 0 bridgehead atoms. The van der Waals surface area contributed by atoms with Gasteiger partial charge in [-0.3, -0.25) is 9.59 Å². The molecule has 1 aromatic heterocycles. The number of furan rings is 1. The minimum absolute atomic E-state index is 0.0406. The van der Waals surface area contributed by atoms with Gasteiger partial charge in [0.05, 0.1) is 12.1 Å². The summed E-state index contributed by atoms with van der Waals surface area (Å²) in [5.41, 5.74) is 2.48. The van der Waals surface area contributed by atoms with Gasteiger partial charge in [-0.2, -0.15) is 0 Å². The van der Waals surface area contributed by atoms with Crippen molar-refractivity contribution in [3.63, 3.8) is 0 Å². The first-order valence-corrected chi connectivity index (χ1v) is 8.04. The van der Waals surface area contributed by atoms with Crippen molar-refractivity contribution in [3.8, 4) is 0 Å². The van der Waals surface area contributed by atoms with Crippen molar-refractivity contribution in [2.24, 2.45) is 0 Å². The van der Waals surface area contributed by atoms with Crippen LogP contribution in [-0.4, -0.2) is 31.4 Å². The van der Waals surface area contributed by atoms with Crippen LogP contribution < -0.4 is 15.5 Å². The maximum Gasteiger partial charge on any atom is 0.254 e. The van der Waals surface area contributed by atoms with Gasteiger partial charge in [0.15, 0.2) is 4.67 Å². The molecule has 3 rings (SSSR count). The summed E-state index contributed by atoms with van der Waals surface area (Å²) in [6.45, 7) is 2.28. The van der Waals surface area contributed by atoms with E-state index in [0.717, 1.165) is 17.8 Å². The highest BCUT2D eigenvalue weighted by Gasteiger charge is 2.16. The fourth-order valence-electron chi connectivity index (χ4n) is 2.40. The normalized spacial score (nSPS) is 14.5. The molecule has 2 aromatic rings. The van der Waals surface area contributed by atoms with Crippen molar-refractivity contribution in [3.05, 3.63) is 52.4 Å². The van der Waals surface area contributed by atoms with Crippen LogP contribution in [-0.2, 0) is 11.3 Å². The zero-order valence-electron chi connectivity index (χ0n) is 12.3. The first-order valence-electron chi connectivity index (χ1n) is 7.24. The molecular weight excluding hydrogens is 362 g/mol. The predicted octanol–water partition coefficient (Wildman–Crippen LogP) is 1.91. The lowest BCUT2D eigenvalue weighted by atomic mass is 10.1. The topological polar surface area (TPSA) is 74.6 Å². The van der Waals surface area contributed by atoms with Crippen LogP contribution in [0, 0.1) is 0 Å². The monoisotopic (exact) mass is 377 g/mol. The molecule has 7 heteroatoms. The summed E-state index contributed by atoms with van der Waals surface area (Å²) in [7, 11) is 0. The zero-order valence-corrected chi connectivity index (χ0v) is 13.9. The SMILES string of the molecule is O=C1CN(c2ccc(CNC(=O)c3coc(Br)c3)cc2)CCN1. The molecule has 0 saturated carbocycles. The highest BCUT2D eigenvalue weighted by Crippen LogP contribution is 2.17. The molecule has 0 atom stereocenters. The summed E-state index contributed by atoms with van der Waals surface area (Å²) in [4.78, 5) is 25.4. The van der Waals surface area contributed by atoms with Crippen molar-refractivity contribution in [1.82, 2.24) is 10.6 Å². The second kappa shape index (κ2) is 6.87. The Morgan fingerprint density at radius 3 is 2.78 bits per heavy atom. The van der Waals surface area contributed by atoms with E-state index in [4.69, 9.17) is 4.42 Å². The molecule has 23 heavy (non-hydrogen) atoms. The Hall–Kier alpha value is -2.28. The third-order valence-electron chi connectivity index (χ3n) is 3.62. The highest BCUT2D eigenvalue weighted by atomic mass is 79.9. The summed E-state index contributed by atoms with van der Waals surface area (Å²) in [6.07, 6.45) is 1.41. The number of hydrogen-bond donors (Lipinski definition) is 2. The van der Waals surface area contributed by atoms with Crippen LogP contribution in [0.15, 0.2) is 45.7 Å². The number of anilines is 1. The van der Waals surface area contributed by atoms with E-state index in [-0.39, 0.29) is 11.8 Å². The van der Waals surface area contributed by atoms with E-state index < -0.39 is 0 Å². The second-order valence-corrected chi connectivity index (χ2v) is 6.04. The minimum Gasteiger partial charge on any atom is -0.457 e. The third kappa shape index (κ3) is 3.92. The Morgan fingerprint density at radius 1 is 1.35 bits per heavy atom. The van der Waals surface area contributed by atoms with Gasteiger partial charge in [0, 0.05) is 31.4 Å². The standard InChI is InChI=1S/C16H16BrN3O3/c17-14-7-12(10-23-14)16(22)19-8-11-1-3-13(4-2-11)20-6-5-18-15(21)9-20/h1-4,7,10H,5-6,8-9H2,(H,18,21)(H,19,22). The summed E-state index contributed by atoms with van der Waals surface area (Å²) < 4.78 is 5.57. The lowest BCUT2D eigenvalue weighted by Gasteiger charge is -2.28. The van der Waals surface area contributed by atoms with E-state index in [2.05, 4.69) is 26.6 Å². The van der Waals surface area contributed by atoms with Crippen molar-refractivity contribution < 1.29 is 14.0 Å². The molecule has 0 aliphatic carbocycles. The molecule has 2 amide bonds. The lowest BCUT2D eigenvalue weighted by molar-refractivity contribution is -0.120. The van der Waals surface area contributed by atoms with Crippen LogP contribution in [0.25, 0.3) is 0 Å². The number of carbonyl (C=O) groups excluding carboxylic acids is 2. The number of nitrogens with one attached hydrogen (secondary N) is 2. The van der Waals surface area contributed by atoms with Crippen molar-refractivity contribution in [2.45, 2.75) is 6.54 Å². The van der Waals surface area contributed by atoms with E-state index in [1.54, 1.807) is 6.07 Å². The maximum absolute atomic E-state index is 11.9. The van der Waals surface area contributed by atoms with Crippen LogP contribution >= 0.6 is 15.9 Å². The molecular formula is C16H16BrN3O3. The molecule has 2 N–H and O–H groups in total. The fourth-order valence-corrected chi connectivity index (χ4v) is 2.74. The number of piperazine rings is 1. The molecule has 0 spiro atoms. The second-order valence-electron chi connectivity index (χ2n) is 5.26. The lowest BCUT2D eigenvalue weighted by Crippen LogP contribution is -2.47. The Bertz CT molecular complexity index is 712. The average Bonchev–Trinajstić information content (AvgIpc) is 3.00. The quantitative estimate of drug-likeness (QED) is 0.853. The summed E-state index contributed by atoms with van der Waals surface area (Å²) in [5, 5.41) is 5.64. The highest BCUT2D eigenvalue weighted by molar-refractivity contribution is 9.10. The number of hydrogen-bond acceptors (Lipinski definition) is 4. The molecule has 2 heterocycles. The van der Waals surface area contributed by atoms with E-state index in [1.807, 2.05) is 29.2 Å². The first-order chi connectivity index (χ1) is 11.1. The molecule has 1 aromatic carbocycles. The number of amides is 2. The first kappa shape index (κ1) is 15.6. The van der Waals surface area contributed by atoms with Crippen LogP contribution in [0.5, 0.6) is 0 Å². The molecule has 1 aliphatic rings. The van der Waals surface area contributed by atoms with Crippen molar-refractivity contribution in [2.75, 3.05) is 24.5 Å². The van der Waals surface area contributed by atoms with Crippen molar-refractivity contribution in [1.29, 1.82) is 0 Å². The van der Waals surface area contributed by atoms with Gasteiger partial charge in [0.1, 0.15) is 6.26 Å². The van der Waals surface area contributed by atoms with Crippen LogP contribution in [0.1, 0.15) is 15.9 Å². The number of carbonyl (C=O) groups is 2. The van der Waals surface area contributed by atoms with Gasteiger partial charge in [-0.1, -0.05) is 12.1 Å². The number of rotatable bonds is 4. The van der Waals surface area contributed by atoms with E-state index >= 15 is 0 Å². The van der Waals surface area contributed by atoms with Gasteiger partial charge in [-0.25, -0.2) is 0 Å². The van der Waals surface area contributed by atoms with Crippen LogP contribution in [0.4, 0.5) is 5.69 Å². The minimum atomic E-state index is -0.184. The molecule has 0 unspecified atom stereocenters. The Labute approximate surface area is 142 Å². The Morgan fingerprint density at radius 2 is 2.13 bits per heavy atom. The molecule has 1 fully saturated rings. The smallest absolute Gasteiger partial charge is 0.254 e. The van der Waals surface area contributed by atoms with Gasteiger partial charge < -0.3 is 20.0 Å². The van der Waals surface area contributed by atoms with Gasteiger partial charge in [-0.05, 0) is 33.6 Å². The van der Waals surface area contributed by atoms with Gasteiger partial charge in [0.2, 0.25) is 5.91 Å². The van der Waals surface area contributed by atoms with E-state index in [0.29, 0.717) is 29.9 Å². The largest absolute Gasteiger partial charge is 0.457 e. The number of benzene rings is 1. The summed E-state index contributed by atoms with van der Waals surface area (Å²) in [5.74, 6) is -0.143. The predicted molar refractivity (Wildman–Crippen MR) is 89.2 cm³/mol. The summed E-state index contributed by atoms with van der Waals surface area (Å²) >= 11 is 3.17. The summed E-state index contributed by atoms with van der Waals surface area (Å²) in [6, 6.07) is 9.46. The van der Waals surface area contributed by atoms with Gasteiger partial charge in [0.25, 0.3) is 5.91 Å². The molecule has 6 nitrogen and oxygen atoms in total. The molecule has 1 saturated heterocycles. The van der Waals surface area contributed by atoms with Crippen LogP contribution in [0.2, 0.25) is 0 Å². The van der Waals surface area contributed by atoms with E-state index in [9.17, 15) is 9.59 Å².